The van der Waals surface area contributed by atoms with Crippen molar-refractivity contribution in [1.29, 1.82) is 0 Å². The van der Waals surface area contributed by atoms with Crippen molar-refractivity contribution in [3.63, 3.8) is 0 Å². The summed E-state index contributed by atoms with van der Waals surface area (Å²) < 4.78 is 24.0. The lowest BCUT2D eigenvalue weighted by Gasteiger charge is -2.39. The molecule has 3 heterocycles. The van der Waals surface area contributed by atoms with Gasteiger partial charge < -0.3 is 24.1 Å². The van der Waals surface area contributed by atoms with Gasteiger partial charge >= 0.3 is 0 Å². The summed E-state index contributed by atoms with van der Waals surface area (Å²) in [5.74, 6) is -0.622. The maximum Gasteiger partial charge on any atom is 0.190 e. The molecule has 0 spiro atoms. The molecule has 22 heavy (non-hydrogen) atoms. The Morgan fingerprint density at radius 1 is 1.05 bits per heavy atom. The van der Waals surface area contributed by atoms with Crippen molar-refractivity contribution in [2.75, 3.05) is 6.61 Å². The van der Waals surface area contributed by atoms with E-state index in [4.69, 9.17) is 18.9 Å². The number of hydrogen-bond donors (Lipinski definition) is 1. The van der Waals surface area contributed by atoms with Crippen LogP contribution in [0.2, 0.25) is 0 Å². The quantitative estimate of drug-likeness (QED) is 0.905. The van der Waals surface area contributed by atoms with Gasteiger partial charge in [-0.2, -0.15) is 0 Å². The molecule has 3 aliphatic heterocycles. The Balaban J connectivity index is 1.59. The van der Waals surface area contributed by atoms with Crippen molar-refractivity contribution in [3.05, 3.63) is 35.9 Å². The minimum atomic E-state index is -0.655. The molecule has 0 aliphatic carbocycles. The molecule has 3 aliphatic rings. The zero-order valence-electron chi connectivity index (χ0n) is 12.8. The molecule has 6 atom stereocenters. The van der Waals surface area contributed by atoms with Crippen LogP contribution in [0.25, 0.3) is 0 Å². The van der Waals surface area contributed by atoms with Crippen molar-refractivity contribution in [2.24, 2.45) is 5.92 Å². The van der Waals surface area contributed by atoms with Gasteiger partial charge in [-0.3, -0.25) is 0 Å². The molecule has 3 fully saturated rings. The second-order valence-electron chi connectivity index (χ2n) is 6.75. The van der Waals surface area contributed by atoms with Crippen LogP contribution in [0.4, 0.5) is 0 Å². The van der Waals surface area contributed by atoms with E-state index in [1.807, 2.05) is 32.0 Å². The highest BCUT2D eigenvalue weighted by Gasteiger charge is 2.59. The average Bonchev–Trinajstić information content (AvgIpc) is 2.99. The zero-order chi connectivity index (χ0) is 15.3. The molecule has 3 saturated heterocycles. The Bertz CT molecular complexity index is 531. The van der Waals surface area contributed by atoms with E-state index in [1.54, 1.807) is 0 Å². The second-order valence-corrected chi connectivity index (χ2v) is 6.75. The Morgan fingerprint density at radius 3 is 2.55 bits per heavy atom. The number of aliphatic hydroxyl groups excluding tert-OH is 1. The molecule has 1 N–H and O–H groups in total. The molecule has 5 nitrogen and oxygen atoms in total. The summed E-state index contributed by atoms with van der Waals surface area (Å²) in [4.78, 5) is 0. The zero-order valence-corrected chi connectivity index (χ0v) is 12.8. The maximum atomic E-state index is 9.75. The van der Waals surface area contributed by atoms with Crippen LogP contribution in [0, 0.1) is 5.92 Å². The Hall–Kier alpha value is -0.980. The fourth-order valence-electron chi connectivity index (χ4n) is 3.75. The van der Waals surface area contributed by atoms with E-state index in [2.05, 4.69) is 12.1 Å². The maximum absolute atomic E-state index is 9.75. The summed E-state index contributed by atoms with van der Waals surface area (Å²) in [6.45, 7) is 3.84. The SMILES string of the molecule is CC1(C)OC2OC3C(CO)CC(c4ccccc4)OC3C2O1. The molecular formula is C17H22O5. The lowest BCUT2D eigenvalue weighted by Crippen LogP contribution is -2.46. The molecule has 4 rings (SSSR count). The summed E-state index contributed by atoms with van der Waals surface area (Å²) in [6, 6.07) is 10.1. The van der Waals surface area contributed by atoms with Crippen LogP contribution in [-0.4, -0.2) is 42.1 Å². The van der Waals surface area contributed by atoms with E-state index >= 15 is 0 Å². The predicted molar refractivity (Wildman–Crippen MR) is 77.9 cm³/mol. The van der Waals surface area contributed by atoms with E-state index in [1.165, 1.54) is 0 Å². The second kappa shape index (κ2) is 5.28. The minimum absolute atomic E-state index is 0.0323. The first-order chi connectivity index (χ1) is 10.6. The number of aliphatic hydroxyl groups is 1. The minimum Gasteiger partial charge on any atom is -0.396 e. The number of benzene rings is 1. The first kappa shape index (κ1) is 14.6. The normalized spacial score (nSPS) is 42.9. The highest BCUT2D eigenvalue weighted by atomic mass is 16.8. The predicted octanol–water partition coefficient (Wildman–Crippen LogP) is 2.00. The standard InChI is InChI=1S/C17H22O5/c1-17(2)21-15-14-13(20-16(15)22-17)11(9-18)8-12(19-14)10-6-4-3-5-7-10/h3-7,11-16,18H,8-9H2,1-2H3. The van der Waals surface area contributed by atoms with Gasteiger partial charge in [-0.05, 0) is 25.8 Å². The third-order valence-electron chi connectivity index (χ3n) is 4.74. The van der Waals surface area contributed by atoms with Gasteiger partial charge in [-0.1, -0.05) is 30.3 Å². The van der Waals surface area contributed by atoms with E-state index in [0.29, 0.717) is 0 Å². The molecule has 0 aromatic heterocycles. The van der Waals surface area contributed by atoms with Gasteiger partial charge in [0.05, 0.1) is 12.2 Å². The van der Waals surface area contributed by atoms with Crippen molar-refractivity contribution >= 4 is 0 Å². The fraction of sp³-hybridized carbons (Fsp3) is 0.647. The largest absolute Gasteiger partial charge is 0.396 e. The Morgan fingerprint density at radius 2 is 1.82 bits per heavy atom. The van der Waals surface area contributed by atoms with Crippen LogP contribution in [0.1, 0.15) is 31.9 Å². The topological polar surface area (TPSA) is 57.2 Å². The van der Waals surface area contributed by atoms with Crippen molar-refractivity contribution < 1.29 is 24.1 Å². The van der Waals surface area contributed by atoms with Gasteiger partial charge in [0.25, 0.3) is 0 Å². The van der Waals surface area contributed by atoms with Crippen LogP contribution >= 0.6 is 0 Å². The third-order valence-corrected chi connectivity index (χ3v) is 4.74. The van der Waals surface area contributed by atoms with Gasteiger partial charge in [0.15, 0.2) is 12.1 Å². The average molecular weight is 306 g/mol. The molecular weight excluding hydrogens is 284 g/mol. The highest BCUT2D eigenvalue weighted by molar-refractivity contribution is 5.19. The van der Waals surface area contributed by atoms with Crippen molar-refractivity contribution in [3.8, 4) is 0 Å². The summed E-state index contributed by atoms with van der Waals surface area (Å²) in [7, 11) is 0. The molecule has 5 heteroatoms. The Labute approximate surface area is 130 Å². The van der Waals surface area contributed by atoms with E-state index in [-0.39, 0.29) is 36.9 Å². The van der Waals surface area contributed by atoms with Crippen LogP contribution < -0.4 is 0 Å². The molecule has 120 valence electrons. The van der Waals surface area contributed by atoms with Gasteiger partial charge in [0.2, 0.25) is 0 Å². The van der Waals surface area contributed by atoms with E-state index < -0.39 is 12.1 Å². The molecule has 0 saturated carbocycles. The summed E-state index contributed by atoms with van der Waals surface area (Å²) in [6.07, 6.45) is -0.327. The van der Waals surface area contributed by atoms with Gasteiger partial charge in [0, 0.05) is 12.5 Å². The van der Waals surface area contributed by atoms with Crippen molar-refractivity contribution in [2.45, 2.75) is 56.8 Å². The monoisotopic (exact) mass is 306 g/mol. The lowest BCUT2D eigenvalue weighted by atomic mass is 9.86. The van der Waals surface area contributed by atoms with Gasteiger partial charge in [-0.25, -0.2) is 0 Å². The molecule has 1 aromatic carbocycles. The van der Waals surface area contributed by atoms with Crippen LogP contribution in [-0.2, 0) is 18.9 Å². The van der Waals surface area contributed by atoms with Crippen LogP contribution in [0.5, 0.6) is 0 Å². The first-order valence-corrected chi connectivity index (χ1v) is 7.90. The Kier molecular flexibility index (Phi) is 3.51. The number of hydrogen-bond acceptors (Lipinski definition) is 5. The fourth-order valence-corrected chi connectivity index (χ4v) is 3.75. The number of ether oxygens (including phenoxy) is 4. The van der Waals surface area contributed by atoms with Gasteiger partial charge in [-0.15, -0.1) is 0 Å². The van der Waals surface area contributed by atoms with Crippen molar-refractivity contribution in [1.82, 2.24) is 0 Å². The van der Waals surface area contributed by atoms with Crippen LogP contribution in [0.15, 0.2) is 30.3 Å². The molecule has 0 amide bonds. The summed E-state index contributed by atoms with van der Waals surface area (Å²) >= 11 is 0. The van der Waals surface area contributed by atoms with E-state index in [9.17, 15) is 5.11 Å². The number of fused-ring (bicyclic) bond motifs is 3. The highest BCUT2D eigenvalue weighted by Crippen LogP contribution is 2.47. The lowest BCUT2D eigenvalue weighted by molar-refractivity contribution is -0.243. The van der Waals surface area contributed by atoms with Crippen LogP contribution in [0.3, 0.4) is 0 Å². The molecule has 0 radical (unpaired) electrons. The van der Waals surface area contributed by atoms with Gasteiger partial charge in [0.1, 0.15) is 12.2 Å². The summed E-state index contributed by atoms with van der Waals surface area (Å²) in [5.41, 5.74) is 1.13. The molecule has 1 aromatic rings. The number of rotatable bonds is 2. The molecule has 0 bridgehead atoms. The van der Waals surface area contributed by atoms with E-state index in [0.717, 1.165) is 12.0 Å². The molecule has 6 unspecified atom stereocenters. The first-order valence-electron chi connectivity index (χ1n) is 7.90. The third kappa shape index (κ3) is 2.37. The smallest absolute Gasteiger partial charge is 0.190 e. The summed E-state index contributed by atoms with van der Waals surface area (Å²) in [5, 5.41) is 9.75.